The zero-order chi connectivity index (χ0) is 13.9. The highest BCUT2D eigenvalue weighted by Crippen LogP contribution is 2.16. The second-order valence-electron chi connectivity index (χ2n) is 6.07. The standard InChI is InChI=1S/C15H24N2O2/c1-11-13(7-8-18-11)16-9-12-5-6-14(17-10-12)19-15(2,3)4/h5-6,10-11,13,16H,7-9H2,1-4H3/t11-,13-/m0/s1. The molecule has 1 aromatic rings. The van der Waals surface area contributed by atoms with E-state index in [4.69, 9.17) is 9.47 Å². The van der Waals surface area contributed by atoms with Crippen molar-refractivity contribution in [2.75, 3.05) is 6.61 Å². The molecule has 0 aliphatic carbocycles. The largest absolute Gasteiger partial charge is 0.472 e. The van der Waals surface area contributed by atoms with Gasteiger partial charge in [0.25, 0.3) is 0 Å². The van der Waals surface area contributed by atoms with Gasteiger partial charge in [0.1, 0.15) is 5.60 Å². The molecular formula is C15H24N2O2. The van der Waals surface area contributed by atoms with Crippen molar-refractivity contribution in [2.45, 2.75) is 58.4 Å². The third-order valence-corrected chi connectivity index (χ3v) is 3.15. The van der Waals surface area contributed by atoms with Crippen LogP contribution in [0.3, 0.4) is 0 Å². The number of rotatable bonds is 4. The van der Waals surface area contributed by atoms with Gasteiger partial charge in [-0.05, 0) is 39.7 Å². The van der Waals surface area contributed by atoms with Crippen LogP contribution in [-0.4, -0.2) is 29.3 Å². The lowest BCUT2D eigenvalue weighted by atomic mass is 10.1. The number of ether oxygens (including phenoxy) is 2. The molecular weight excluding hydrogens is 240 g/mol. The fourth-order valence-corrected chi connectivity index (χ4v) is 2.14. The quantitative estimate of drug-likeness (QED) is 0.907. The maximum Gasteiger partial charge on any atom is 0.213 e. The van der Waals surface area contributed by atoms with Gasteiger partial charge in [0.15, 0.2) is 0 Å². The average Bonchev–Trinajstić information content (AvgIpc) is 2.72. The van der Waals surface area contributed by atoms with E-state index in [-0.39, 0.29) is 5.60 Å². The van der Waals surface area contributed by atoms with E-state index in [0.29, 0.717) is 18.0 Å². The van der Waals surface area contributed by atoms with E-state index < -0.39 is 0 Å². The molecule has 0 unspecified atom stereocenters. The number of hydrogen-bond acceptors (Lipinski definition) is 4. The van der Waals surface area contributed by atoms with Gasteiger partial charge in [0.2, 0.25) is 5.88 Å². The minimum atomic E-state index is -0.205. The molecule has 1 saturated heterocycles. The number of pyridine rings is 1. The zero-order valence-electron chi connectivity index (χ0n) is 12.3. The molecule has 0 amide bonds. The Morgan fingerprint density at radius 3 is 2.74 bits per heavy atom. The van der Waals surface area contributed by atoms with Crippen LogP contribution in [0.25, 0.3) is 0 Å². The maximum absolute atomic E-state index is 5.70. The van der Waals surface area contributed by atoms with E-state index in [2.05, 4.69) is 23.3 Å². The predicted octanol–water partition coefficient (Wildman–Crippen LogP) is 2.53. The van der Waals surface area contributed by atoms with E-state index >= 15 is 0 Å². The summed E-state index contributed by atoms with van der Waals surface area (Å²) in [5.74, 6) is 0.675. The number of nitrogens with one attached hydrogen (secondary N) is 1. The Bertz CT molecular complexity index is 398. The smallest absolute Gasteiger partial charge is 0.213 e. The Morgan fingerprint density at radius 1 is 1.42 bits per heavy atom. The summed E-state index contributed by atoms with van der Waals surface area (Å²) < 4.78 is 11.2. The molecule has 2 atom stereocenters. The van der Waals surface area contributed by atoms with Gasteiger partial charge in [0.05, 0.1) is 6.10 Å². The summed E-state index contributed by atoms with van der Waals surface area (Å²) in [5, 5.41) is 3.51. The summed E-state index contributed by atoms with van der Waals surface area (Å²) >= 11 is 0. The summed E-state index contributed by atoms with van der Waals surface area (Å²) in [7, 11) is 0. The third kappa shape index (κ3) is 4.48. The minimum Gasteiger partial charge on any atom is -0.472 e. The number of aromatic nitrogens is 1. The fraction of sp³-hybridized carbons (Fsp3) is 0.667. The van der Waals surface area contributed by atoms with Crippen LogP contribution in [0.5, 0.6) is 5.88 Å². The Kier molecular flexibility index (Phi) is 4.42. The zero-order valence-corrected chi connectivity index (χ0v) is 12.3. The van der Waals surface area contributed by atoms with Crippen molar-refractivity contribution in [3.05, 3.63) is 23.9 Å². The van der Waals surface area contributed by atoms with E-state index in [1.807, 2.05) is 33.0 Å². The van der Waals surface area contributed by atoms with Crippen LogP contribution in [0.15, 0.2) is 18.3 Å². The highest BCUT2D eigenvalue weighted by atomic mass is 16.5. The van der Waals surface area contributed by atoms with Crippen molar-refractivity contribution in [2.24, 2.45) is 0 Å². The molecule has 1 N–H and O–H groups in total. The molecule has 0 aromatic carbocycles. The Morgan fingerprint density at radius 2 is 2.21 bits per heavy atom. The molecule has 4 heteroatoms. The molecule has 2 rings (SSSR count). The lowest BCUT2D eigenvalue weighted by Gasteiger charge is -2.20. The third-order valence-electron chi connectivity index (χ3n) is 3.15. The molecule has 2 heterocycles. The Labute approximate surface area is 115 Å². The van der Waals surface area contributed by atoms with Gasteiger partial charge in [-0.25, -0.2) is 4.98 Å². The first-order chi connectivity index (χ1) is 8.94. The molecule has 19 heavy (non-hydrogen) atoms. The van der Waals surface area contributed by atoms with Gasteiger partial charge in [-0.15, -0.1) is 0 Å². The van der Waals surface area contributed by atoms with Gasteiger partial charge < -0.3 is 14.8 Å². The van der Waals surface area contributed by atoms with Crippen LogP contribution in [0.2, 0.25) is 0 Å². The van der Waals surface area contributed by atoms with Crippen LogP contribution in [0.4, 0.5) is 0 Å². The van der Waals surface area contributed by atoms with Crippen molar-refractivity contribution in [3.8, 4) is 5.88 Å². The van der Waals surface area contributed by atoms with E-state index in [0.717, 1.165) is 19.6 Å². The van der Waals surface area contributed by atoms with Crippen LogP contribution < -0.4 is 10.1 Å². The molecule has 0 radical (unpaired) electrons. The molecule has 1 aliphatic heterocycles. The first kappa shape index (κ1) is 14.3. The second-order valence-corrected chi connectivity index (χ2v) is 6.07. The second kappa shape index (κ2) is 5.88. The van der Waals surface area contributed by atoms with Crippen molar-refractivity contribution in [1.29, 1.82) is 0 Å². The van der Waals surface area contributed by atoms with Crippen molar-refractivity contribution >= 4 is 0 Å². The first-order valence-corrected chi connectivity index (χ1v) is 6.93. The van der Waals surface area contributed by atoms with Crippen LogP contribution in [0.1, 0.15) is 39.7 Å². The van der Waals surface area contributed by atoms with E-state index in [1.54, 1.807) is 0 Å². The maximum atomic E-state index is 5.70. The van der Waals surface area contributed by atoms with Crippen LogP contribution in [-0.2, 0) is 11.3 Å². The molecule has 4 nitrogen and oxygen atoms in total. The summed E-state index contributed by atoms with van der Waals surface area (Å²) in [5.41, 5.74) is 0.962. The lowest BCUT2D eigenvalue weighted by Crippen LogP contribution is -2.34. The molecule has 0 saturated carbocycles. The van der Waals surface area contributed by atoms with Crippen molar-refractivity contribution < 1.29 is 9.47 Å². The van der Waals surface area contributed by atoms with Crippen LogP contribution in [0, 0.1) is 0 Å². The first-order valence-electron chi connectivity index (χ1n) is 6.93. The van der Waals surface area contributed by atoms with Gasteiger partial charge >= 0.3 is 0 Å². The number of hydrogen-bond donors (Lipinski definition) is 1. The van der Waals surface area contributed by atoms with Gasteiger partial charge in [-0.1, -0.05) is 6.07 Å². The van der Waals surface area contributed by atoms with E-state index in [1.165, 1.54) is 5.56 Å². The predicted molar refractivity (Wildman–Crippen MR) is 75.3 cm³/mol. The Hall–Kier alpha value is -1.13. The van der Waals surface area contributed by atoms with Crippen molar-refractivity contribution in [3.63, 3.8) is 0 Å². The highest BCUT2D eigenvalue weighted by Gasteiger charge is 2.23. The summed E-state index contributed by atoms with van der Waals surface area (Å²) in [6.07, 6.45) is 3.26. The molecule has 0 bridgehead atoms. The topological polar surface area (TPSA) is 43.4 Å². The normalized spacial score (nSPS) is 23.6. The summed E-state index contributed by atoms with van der Waals surface area (Å²) in [6, 6.07) is 4.43. The molecule has 0 spiro atoms. The van der Waals surface area contributed by atoms with Gasteiger partial charge in [-0.3, -0.25) is 0 Å². The Balaban J connectivity index is 1.85. The molecule has 106 valence electrons. The van der Waals surface area contributed by atoms with E-state index in [9.17, 15) is 0 Å². The molecule has 1 fully saturated rings. The summed E-state index contributed by atoms with van der Waals surface area (Å²) in [4.78, 5) is 4.33. The monoisotopic (exact) mass is 264 g/mol. The number of nitrogens with zero attached hydrogens (tertiary/aromatic N) is 1. The van der Waals surface area contributed by atoms with Gasteiger partial charge in [-0.2, -0.15) is 0 Å². The highest BCUT2D eigenvalue weighted by molar-refractivity contribution is 5.18. The average molecular weight is 264 g/mol. The van der Waals surface area contributed by atoms with Gasteiger partial charge in [0, 0.05) is 31.5 Å². The lowest BCUT2D eigenvalue weighted by molar-refractivity contribution is 0.113. The minimum absolute atomic E-state index is 0.205. The van der Waals surface area contributed by atoms with Crippen LogP contribution >= 0.6 is 0 Å². The molecule has 1 aromatic heterocycles. The van der Waals surface area contributed by atoms with Crippen molar-refractivity contribution in [1.82, 2.24) is 10.3 Å². The summed E-state index contributed by atoms with van der Waals surface area (Å²) in [6.45, 7) is 9.85. The fourth-order valence-electron chi connectivity index (χ4n) is 2.14. The molecule has 1 aliphatic rings. The SMILES string of the molecule is C[C@@H]1OCC[C@@H]1NCc1ccc(OC(C)(C)C)nc1.